The second kappa shape index (κ2) is 11.3. The number of hydrogen-bond acceptors (Lipinski definition) is 1. The molecule has 0 bridgehead atoms. The molecule has 0 aliphatic carbocycles. The van der Waals surface area contributed by atoms with Crippen LogP contribution in [0.1, 0.15) is 0 Å². The van der Waals surface area contributed by atoms with Crippen molar-refractivity contribution in [1.29, 1.82) is 0 Å². The van der Waals surface area contributed by atoms with Gasteiger partial charge in [-0.2, -0.15) is 0 Å². The van der Waals surface area contributed by atoms with Gasteiger partial charge in [-0.05, 0) is 67.4 Å². The lowest BCUT2D eigenvalue weighted by Crippen LogP contribution is -2.12. The molecule has 0 unspecified atom stereocenters. The quantitative estimate of drug-likeness (QED) is 0.178. The number of benzene rings is 9. The molecule has 0 radical (unpaired) electrons. The van der Waals surface area contributed by atoms with Gasteiger partial charge in [-0.1, -0.05) is 170 Å². The summed E-state index contributed by atoms with van der Waals surface area (Å²) in [6.07, 6.45) is 0. The van der Waals surface area contributed by atoms with Gasteiger partial charge in [0, 0.05) is 21.8 Å². The van der Waals surface area contributed by atoms with Crippen molar-refractivity contribution in [3.63, 3.8) is 0 Å². The molecule has 1 heteroatoms. The van der Waals surface area contributed by atoms with E-state index in [1.807, 2.05) is 0 Å². The zero-order valence-corrected chi connectivity index (χ0v) is 25.8. The molecule has 0 aliphatic heterocycles. The summed E-state index contributed by atoms with van der Waals surface area (Å²) in [6, 6.07) is 68.3. The fourth-order valence-electron chi connectivity index (χ4n) is 7.22. The Morgan fingerprint density at radius 1 is 0.298 bits per heavy atom. The Hall–Kier alpha value is -6.18. The maximum atomic E-state index is 2.49. The van der Waals surface area contributed by atoms with E-state index in [-0.39, 0.29) is 0 Å². The van der Waals surface area contributed by atoms with Crippen molar-refractivity contribution in [1.82, 2.24) is 0 Å². The minimum atomic E-state index is 1.13. The van der Waals surface area contributed by atoms with Crippen LogP contribution in [-0.4, -0.2) is 0 Å². The smallest absolute Gasteiger partial charge is 0.0619 e. The number of nitrogens with zero attached hydrogens (tertiary/aromatic N) is 1. The van der Waals surface area contributed by atoms with E-state index in [4.69, 9.17) is 0 Å². The maximum Gasteiger partial charge on any atom is 0.0619 e. The summed E-state index contributed by atoms with van der Waals surface area (Å²) in [6.45, 7) is 0. The minimum Gasteiger partial charge on any atom is -0.309 e. The molecule has 9 aromatic rings. The average molecular weight is 598 g/mol. The molecule has 47 heavy (non-hydrogen) atoms. The Bertz CT molecular complexity index is 2500. The molecule has 0 saturated carbocycles. The maximum absolute atomic E-state index is 2.49. The zero-order chi connectivity index (χ0) is 31.2. The van der Waals surface area contributed by atoms with E-state index < -0.39 is 0 Å². The SMILES string of the molecule is c1ccc(-c2ccc(-c3c4ccccc4c(N(c4ccc5ccccc5c4)c4cccc5ccccc45)c4ccccc34)cc2)cc1. The molecule has 0 atom stereocenters. The first-order valence-electron chi connectivity index (χ1n) is 16.2. The topological polar surface area (TPSA) is 3.24 Å². The van der Waals surface area contributed by atoms with E-state index in [0.29, 0.717) is 0 Å². The Balaban J connectivity index is 1.36. The first-order valence-corrected chi connectivity index (χ1v) is 16.2. The molecule has 0 saturated heterocycles. The summed E-state index contributed by atoms with van der Waals surface area (Å²) in [5, 5.41) is 9.80. The summed E-state index contributed by atoms with van der Waals surface area (Å²) < 4.78 is 0. The standard InChI is InChI=1S/C46H31N/c1-2-13-32(14-3-1)34-25-27-36(28-26-34)45-40-20-8-10-22-42(40)46(43-23-11-9-21-41(43)45)47(38-30-29-33-15-4-5-17-37(33)31-38)44-24-12-18-35-16-6-7-19-39(35)44/h1-31H. The van der Waals surface area contributed by atoms with E-state index in [1.165, 1.54) is 71.0 Å². The average Bonchev–Trinajstić information content (AvgIpc) is 3.15. The van der Waals surface area contributed by atoms with Crippen molar-refractivity contribution in [3.05, 3.63) is 188 Å². The molecule has 9 rings (SSSR count). The number of anilines is 3. The van der Waals surface area contributed by atoms with Crippen molar-refractivity contribution in [2.24, 2.45) is 0 Å². The largest absolute Gasteiger partial charge is 0.309 e. The van der Waals surface area contributed by atoms with Crippen LogP contribution in [0.25, 0.3) is 65.3 Å². The molecule has 0 aromatic heterocycles. The van der Waals surface area contributed by atoms with Crippen LogP contribution in [-0.2, 0) is 0 Å². The minimum absolute atomic E-state index is 1.13. The van der Waals surface area contributed by atoms with Crippen LogP contribution >= 0.6 is 0 Å². The van der Waals surface area contributed by atoms with Crippen molar-refractivity contribution >= 4 is 60.2 Å². The van der Waals surface area contributed by atoms with E-state index in [2.05, 4.69) is 193 Å². The second-order valence-electron chi connectivity index (χ2n) is 12.1. The lowest BCUT2D eigenvalue weighted by Gasteiger charge is -2.30. The van der Waals surface area contributed by atoms with Crippen LogP contribution in [0.3, 0.4) is 0 Å². The predicted octanol–water partition coefficient (Wildman–Crippen LogP) is 13.1. The molecule has 0 heterocycles. The highest BCUT2D eigenvalue weighted by atomic mass is 15.1. The number of hydrogen-bond donors (Lipinski definition) is 0. The summed E-state index contributed by atoms with van der Waals surface area (Å²) >= 11 is 0. The number of rotatable bonds is 5. The van der Waals surface area contributed by atoms with Crippen LogP contribution in [0.5, 0.6) is 0 Å². The van der Waals surface area contributed by atoms with Crippen molar-refractivity contribution in [2.75, 3.05) is 4.90 Å². The zero-order valence-electron chi connectivity index (χ0n) is 25.8. The van der Waals surface area contributed by atoms with E-state index >= 15 is 0 Å². The van der Waals surface area contributed by atoms with Crippen molar-refractivity contribution in [3.8, 4) is 22.3 Å². The summed E-state index contributed by atoms with van der Waals surface area (Å²) in [5.74, 6) is 0. The van der Waals surface area contributed by atoms with Crippen LogP contribution in [0.4, 0.5) is 17.1 Å². The van der Waals surface area contributed by atoms with Gasteiger partial charge >= 0.3 is 0 Å². The van der Waals surface area contributed by atoms with Crippen LogP contribution in [0, 0.1) is 0 Å². The van der Waals surface area contributed by atoms with E-state index in [0.717, 1.165) is 11.4 Å². The van der Waals surface area contributed by atoms with Crippen LogP contribution in [0.15, 0.2) is 188 Å². The van der Waals surface area contributed by atoms with Gasteiger partial charge in [0.05, 0.1) is 11.4 Å². The fourth-order valence-corrected chi connectivity index (χ4v) is 7.22. The Kier molecular flexibility index (Phi) is 6.54. The van der Waals surface area contributed by atoms with Crippen LogP contribution in [0.2, 0.25) is 0 Å². The Morgan fingerprint density at radius 3 is 1.51 bits per heavy atom. The molecule has 0 spiro atoms. The molecule has 0 N–H and O–H groups in total. The molecular formula is C46H31N. The normalized spacial score (nSPS) is 11.4. The molecule has 0 amide bonds. The molecule has 0 fully saturated rings. The third-order valence-electron chi connectivity index (χ3n) is 9.41. The lowest BCUT2D eigenvalue weighted by molar-refractivity contribution is 1.33. The van der Waals surface area contributed by atoms with E-state index in [9.17, 15) is 0 Å². The van der Waals surface area contributed by atoms with Crippen molar-refractivity contribution < 1.29 is 0 Å². The van der Waals surface area contributed by atoms with Gasteiger partial charge in [-0.15, -0.1) is 0 Å². The molecule has 9 aromatic carbocycles. The highest BCUT2D eigenvalue weighted by Gasteiger charge is 2.23. The molecule has 1 nitrogen and oxygen atoms in total. The van der Waals surface area contributed by atoms with Gasteiger partial charge in [0.15, 0.2) is 0 Å². The third kappa shape index (κ3) is 4.64. The first kappa shape index (κ1) is 27.2. The van der Waals surface area contributed by atoms with Gasteiger partial charge in [0.1, 0.15) is 0 Å². The summed E-state index contributed by atoms with van der Waals surface area (Å²) in [4.78, 5) is 2.49. The Morgan fingerprint density at radius 2 is 0.809 bits per heavy atom. The van der Waals surface area contributed by atoms with Gasteiger partial charge in [-0.25, -0.2) is 0 Å². The first-order chi connectivity index (χ1) is 23.3. The Labute approximate surface area is 274 Å². The monoisotopic (exact) mass is 597 g/mol. The van der Waals surface area contributed by atoms with Crippen molar-refractivity contribution in [2.45, 2.75) is 0 Å². The van der Waals surface area contributed by atoms with Gasteiger partial charge in [-0.3, -0.25) is 0 Å². The highest BCUT2D eigenvalue weighted by Crippen LogP contribution is 2.49. The van der Waals surface area contributed by atoms with Crippen LogP contribution < -0.4 is 4.90 Å². The van der Waals surface area contributed by atoms with Gasteiger partial charge in [0.2, 0.25) is 0 Å². The molecule has 220 valence electrons. The summed E-state index contributed by atoms with van der Waals surface area (Å²) in [5.41, 5.74) is 8.40. The predicted molar refractivity (Wildman–Crippen MR) is 202 cm³/mol. The van der Waals surface area contributed by atoms with Gasteiger partial charge < -0.3 is 4.90 Å². The van der Waals surface area contributed by atoms with Gasteiger partial charge in [0.25, 0.3) is 0 Å². The molecule has 0 aliphatic rings. The lowest BCUT2D eigenvalue weighted by atomic mass is 9.89. The molecular weight excluding hydrogens is 567 g/mol. The number of fused-ring (bicyclic) bond motifs is 4. The second-order valence-corrected chi connectivity index (χ2v) is 12.1. The van der Waals surface area contributed by atoms with E-state index in [1.54, 1.807) is 0 Å². The summed E-state index contributed by atoms with van der Waals surface area (Å²) in [7, 11) is 0. The third-order valence-corrected chi connectivity index (χ3v) is 9.41. The highest BCUT2D eigenvalue weighted by molar-refractivity contribution is 6.23. The fraction of sp³-hybridized carbons (Fsp3) is 0.